The van der Waals surface area contributed by atoms with Gasteiger partial charge in [0.1, 0.15) is 0 Å². The van der Waals surface area contributed by atoms with Gasteiger partial charge in [-0.15, -0.1) is 0 Å². The lowest BCUT2D eigenvalue weighted by atomic mass is 10.9. The van der Waals surface area contributed by atoms with E-state index in [9.17, 15) is 4.79 Å². The minimum atomic E-state index is -0.678. The van der Waals surface area contributed by atoms with E-state index in [-0.39, 0.29) is 0 Å². The number of primary amides is 1. The molecule has 0 atom stereocenters. The molecule has 4 heteroatoms. The average Bonchev–Trinajstić information content (AvgIpc) is 1.69. The third-order valence-corrected chi connectivity index (χ3v) is 0.580. The van der Waals surface area contributed by atoms with E-state index in [1.165, 1.54) is 13.3 Å². The van der Waals surface area contributed by atoms with Crippen LogP contribution >= 0.6 is 0 Å². The Kier molecular flexibility index (Phi) is 2.64. The van der Waals surface area contributed by atoms with Crippen molar-refractivity contribution < 1.29 is 9.63 Å². The molecule has 4 nitrogen and oxygen atoms in total. The number of nitrogens with zero attached hydrogens (tertiary/aromatic N) is 1. The van der Waals surface area contributed by atoms with Crippen LogP contribution in [-0.2, 0) is 4.84 Å². The molecule has 0 spiro atoms. The van der Waals surface area contributed by atoms with Crippen molar-refractivity contribution in [2.45, 2.75) is 0 Å². The highest BCUT2D eigenvalue weighted by Gasteiger charge is 1.99. The first kappa shape index (κ1) is 6.97. The highest BCUT2D eigenvalue weighted by molar-refractivity contribution is 5.71. The Morgan fingerprint density at radius 3 is 2.50 bits per heavy atom. The smallest absolute Gasteiger partial charge is 0.342 e. The Balaban J connectivity index is 3.69. The summed E-state index contributed by atoms with van der Waals surface area (Å²) < 4.78 is 0. The SMILES string of the molecule is C=CN(OC)C(N)=O. The number of carbonyl (C=O) groups is 1. The van der Waals surface area contributed by atoms with Crippen LogP contribution in [-0.4, -0.2) is 18.2 Å². The maximum Gasteiger partial charge on any atom is 0.342 e. The third kappa shape index (κ3) is 1.61. The van der Waals surface area contributed by atoms with Crippen LogP contribution in [0.15, 0.2) is 12.8 Å². The van der Waals surface area contributed by atoms with Gasteiger partial charge in [0.15, 0.2) is 0 Å². The van der Waals surface area contributed by atoms with Gasteiger partial charge in [-0.25, -0.2) is 4.79 Å². The van der Waals surface area contributed by atoms with Crippen LogP contribution < -0.4 is 5.73 Å². The van der Waals surface area contributed by atoms with Crippen LogP contribution in [0, 0.1) is 0 Å². The Labute approximate surface area is 47.5 Å². The van der Waals surface area contributed by atoms with Crippen molar-refractivity contribution in [1.82, 2.24) is 5.06 Å². The molecule has 8 heavy (non-hydrogen) atoms. The molecule has 0 saturated carbocycles. The van der Waals surface area contributed by atoms with Crippen molar-refractivity contribution in [2.24, 2.45) is 5.73 Å². The van der Waals surface area contributed by atoms with E-state index in [0.29, 0.717) is 0 Å². The summed E-state index contributed by atoms with van der Waals surface area (Å²) in [6, 6.07) is -0.678. The maximum atomic E-state index is 10.1. The lowest BCUT2D eigenvalue weighted by molar-refractivity contribution is -0.0418. The molecule has 0 fully saturated rings. The molecule has 0 aliphatic rings. The van der Waals surface area contributed by atoms with Crippen molar-refractivity contribution in [3.05, 3.63) is 12.8 Å². The first-order valence-electron chi connectivity index (χ1n) is 1.97. The van der Waals surface area contributed by atoms with Gasteiger partial charge in [-0.05, 0) is 0 Å². The van der Waals surface area contributed by atoms with Gasteiger partial charge in [0, 0.05) is 6.20 Å². The minimum absolute atomic E-state index is 0.678. The molecular weight excluding hydrogens is 108 g/mol. The summed E-state index contributed by atoms with van der Waals surface area (Å²) in [6.45, 7) is 3.25. The second-order valence-corrected chi connectivity index (χ2v) is 1.03. The molecule has 2 amide bonds. The molecular formula is C4H8N2O2. The van der Waals surface area contributed by atoms with Crippen LogP contribution in [0.1, 0.15) is 0 Å². The first-order chi connectivity index (χ1) is 3.72. The zero-order valence-electron chi connectivity index (χ0n) is 4.63. The van der Waals surface area contributed by atoms with Crippen molar-refractivity contribution >= 4 is 6.03 Å². The van der Waals surface area contributed by atoms with E-state index in [2.05, 4.69) is 11.4 Å². The van der Waals surface area contributed by atoms with Gasteiger partial charge in [-0.3, -0.25) is 4.84 Å². The third-order valence-electron chi connectivity index (χ3n) is 0.580. The van der Waals surface area contributed by atoms with E-state index in [0.717, 1.165) is 5.06 Å². The molecule has 0 radical (unpaired) electrons. The van der Waals surface area contributed by atoms with E-state index in [1.807, 2.05) is 0 Å². The Morgan fingerprint density at radius 2 is 2.50 bits per heavy atom. The van der Waals surface area contributed by atoms with E-state index in [4.69, 9.17) is 5.73 Å². The van der Waals surface area contributed by atoms with Crippen LogP contribution in [0.2, 0.25) is 0 Å². The van der Waals surface area contributed by atoms with Crippen LogP contribution in [0.5, 0.6) is 0 Å². The topological polar surface area (TPSA) is 55.6 Å². The summed E-state index contributed by atoms with van der Waals surface area (Å²) in [6.07, 6.45) is 1.18. The highest BCUT2D eigenvalue weighted by Crippen LogP contribution is 1.84. The van der Waals surface area contributed by atoms with Crippen molar-refractivity contribution in [3.8, 4) is 0 Å². The van der Waals surface area contributed by atoms with Gasteiger partial charge < -0.3 is 5.73 Å². The average molecular weight is 116 g/mol. The highest BCUT2D eigenvalue weighted by atomic mass is 16.7. The molecule has 0 unspecified atom stereocenters. The summed E-state index contributed by atoms with van der Waals surface area (Å²) >= 11 is 0. The molecule has 0 aromatic heterocycles. The van der Waals surface area contributed by atoms with E-state index >= 15 is 0 Å². The second-order valence-electron chi connectivity index (χ2n) is 1.03. The number of carbonyl (C=O) groups excluding carboxylic acids is 1. The Morgan fingerprint density at radius 1 is 2.00 bits per heavy atom. The zero-order chi connectivity index (χ0) is 6.57. The number of amides is 2. The molecule has 0 saturated heterocycles. The summed E-state index contributed by atoms with van der Waals surface area (Å²) in [4.78, 5) is 14.5. The van der Waals surface area contributed by atoms with Crippen LogP contribution in [0.4, 0.5) is 4.79 Å². The fraction of sp³-hybridized carbons (Fsp3) is 0.250. The van der Waals surface area contributed by atoms with Gasteiger partial charge in [-0.1, -0.05) is 6.58 Å². The summed E-state index contributed by atoms with van der Waals surface area (Å²) in [5.41, 5.74) is 4.75. The standard InChI is InChI=1S/C4H8N2O2/c1-3-6(8-2)4(5)7/h3H,1H2,2H3,(H2,5,7). The minimum Gasteiger partial charge on any atom is -0.349 e. The quantitative estimate of drug-likeness (QED) is 0.519. The normalized spacial score (nSPS) is 8.12. The van der Waals surface area contributed by atoms with Crippen molar-refractivity contribution in [3.63, 3.8) is 0 Å². The molecule has 2 N–H and O–H groups in total. The molecule has 0 aliphatic carbocycles. The molecule has 0 bridgehead atoms. The lowest BCUT2D eigenvalue weighted by Gasteiger charge is -2.08. The predicted octanol–water partition coefficient (Wildman–Crippen LogP) is 0.0720. The fourth-order valence-corrected chi connectivity index (χ4v) is 0.254. The van der Waals surface area contributed by atoms with E-state index < -0.39 is 6.03 Å². The second kappa shape index (κ2) is 3.04. The Bertz CT molecular complexity index is 102. The molecule has 0 rings (SSSR count). The molecule has 0 aromatic rings. The van der Waals surface area contributed by atoms with Crippen LogP contribution in [0.3, 0.4) is 0 Å². The number of urea groups is 1. The number of hydrogen-bond donors (Lipinski definition) is 1. The first-order valence-corrected chi connectivity index (χ1v) is 1.97. The fourth-order valence-electron chi connectivity index (χ4n) is 0.254. The predicted molar refractivity (Wildman–Crippen MR) is 28.6 cm³/mol. The van der Waals surface area contributed by atoms with Gasteiger partial charge in [-0.2, -0.15) is 5.06 Å². The number of nitrogens with two attached hydrogens (primary N) is 1. The molecule has 0 aliphatic heterocycles. The summed E-state index contributed by atoms with van der Waals surface area (Å²) in [5.74, 6) is 0. The maximum absolute atomic E-state index is 10.1. The van der Waals surface area contributed by atoms with Crippen molar-refractivity contribution in [2.75, 3.05) is 7.11 Å². The summed E-state index contributed by atoms with van der Waals surface area (Å²) in [7, 11) is 1.33. The van der Waals surface area contributed by atoms with Gasteiger partial charge >= 0.3 is 6.03 Å². The van der Waals surface area contributed by atoms with Gasteiger partial charge in [0.25, 0.3) is 0 Å². The Hall–Kier alpha value is -1.03. The largest absolute Gasteiger partial charge is 0.349 e. The number of rotatable bonds is 2. The van der Waals surface area contributed by atoms with Gasteiger partial charge in [0.2, 0.25) is 0 Å². The zero-order valence-corrected chi connectivity index (χ0v) is 4.63. The molecule has 0 heterocycles. The van der Waals surface area contributed by atoms with Gasteiger partial charge in [0.05, 0.1) is 7.11 Å². The number of hydroxylamine groups is 2. The van der Waals surface area contributed by atoms with E-state index in [1.54, 1.807) is 0 Å². The van der Waals surface area contributed by atoms with Crippen molar-refractivity contribution in [1.29, 1.82) is 0 Å². The summed E-state index contributed by atoms with van der Waals surface area (Å²) in [5, 5.41) is 0.819. The number of hydrogen-bond acceptors (Lipinski definition) is 2. The van der Waals surface area contributed by atoms with Crippen LogP contribution in [0.25, 0.3) is 0 Å². The monoisotopic (exact) mass is 116 g/mol. The molecule has 46 valence electrons. The molecule has 0 aromatic carbocycles. The lowest BCUT2D eigenvalue weighted by Crippen LogP contribution is -2.29.